The highest BCUT2D eigenvalue weighted by Gasteiger charge is 2.25. The van der Waals surface area contributed by atoms with Gasteiger partial charge >= 0.3 is 17.9 Å². The Balaban J connectivity index is 4.10. The Labute approximate surface area is 512 Å². The fraction of sp³-hybridized carbons (Fsp3) is 0.743. The number of esters is 2. The van der Waals surface area contributed by atoms with E-state index >= 15 is 0 Å². The first kappa shape index (κ1) is 79.2. The van der Waals surface area contributed by atoms with Crippen molar-refractivity contribution in [3.05, 3.63) is 97.2 Å². The highest BCUT2D eigenvalue weighted by Crippen LogP contribution is 2.17. The second kappa shape index (κ2) is 64.2. The molecule has 0 saturated carbocycles. The highest BCUT2D eigenvalue weighted by atomic mass is 16.7. The van der Waals surface area contributed by atoms with E-state index in [2.05, 4.69) is 111 Å². The number of allylic oxidation sites excluding steroid dienone is 16. The number of nitrogens with zero attached hydrogens (tertiary/aromatic N) is 1. The lowest BCUT2D eigenvalue weighted by atomic mass is 10.0. The minimum Gasteiger partial charge on any atom is -0.477 e. The zero-order chi connectivity index (χ0) is 60.5. The second-order valence-corrected chi connectivity index (χ2v) is 24.1. The minimum absolute atomic E-state index is 0.184. The lowest BCUT2D eigenvalue weighted by Crippen LogP contribution is -2.40. The molecule has 0 aliphatic heterocycles. The van der Waals surface area contributed by atoms with Crippen LogP contribution in [0.1, 0.15) is 296 Å². The summed E-state index contributed by atoms with van der Waals surface area (Å²) < 4.78 is 23.0. The van der Waals surface area contributed by atoms with Crippen molar-refractivity contribution in [2.24, 2.45) is 0 Å². The number of carboxylic acid groups (broad SMARTS) is 1. The van der Waals surface area contributed by atoms with Gasteiger partial charge in [0.25, 0.3) is 6.29 Å². The summed E-state index contributed by atoms with van der Waals surface area (Å²) in [4.78, 5) is 37.6. The summed E-state index contributed by atoms with van der Waals surface area (Å²) in [5.74, 6) is -2.00. The fourth-order valence-electron chi connectivity index (χ4n) is 9.58. The summed E-state index contributed by atoms with van der Waals surface area (Å²) in [6.07, 6.45) is 85.1. The van der Waals surface area contributed by atoms with Crippen molar-refractivity contribution in [1.29, 1.82) is 0 Å². The monoisotopic (exact) mass is 1160 g/mol. The van der Waals surface area contributed by atoms with Crippen LogP contribution >= 0.6 is 0 Å². The van der Waals surface area contributed by atoms with Gasteiger partial charge in [0.2, 0.25) is 0 Å². The normalized spacial score (nSPS) is 13.3. The number of carboxylic acids is 1. The van der Waals surface area contributed by atoms with E-state index in [0.29, 0.717) is 17.4 Å². The van der Waals surface area contributed by atoms with E-state index in [4.69, 9.17) is 18.9 Å². The van der Waals surface area contributed by atoms with Gasteiger partial charge in [0.15, 0.2) is 6.10 Å². The summed E-state index contributed by atoms with van der Waals surface area (Å²) in [7, 11) is 5.98. The van der Waals surface area contributed by atoms with Crippen molar-refractivity contribution in [3.63, 3.8) is 0 Å². The largest absolute Gasteiger partial charge is 0.477 e. The number of ether oxygens (including phenoxy) is 4. The van der Waals surface area contributed by atoms with Gasteiger partial charge in [-0.2, -0.15) is 0 Å². The summed E-state index contributed by atoms with van der Waals surface area (Å²) in [6, 6.07) is 0. The molecule has 0 saturated heterocycles. The molecule has 0 spiro atoms. The fourth-order valence-corrected chi connectivity index (χ4v) is 9.58. The molecule has 0 heterocycles. The molecule has 0 rings (SSSR count). The third kappa shape index (κ3) is 65.6. The number of quaternary nitrogens is 1. The Hall–Kier alpha value is -3.79. The van der Waals surface area contributed by atoms with Gasteiger partial charge in [-0.3, -0.25) is 9.59 Å². The quantitative estimate of drug-likeness (QED) is 0.0211. The number of aliphatic carboxylic acids is 1. The van der Waals surface area contributed by atoms with Crippen molar-refractivity contribution in [2.45, 2.75) is 309 Å². The summed E-state index contributed by atoms with van der Waals surface area (Å²) in [5.41, 5.74) is 0. The molecule has 2 atom stereocenters. The molecule has 0 fully saturated rings. The first-order chi connectivity index (χ1) is 40.6. The summed E-state index contributed by atoms with van der Waals surface area (Å²) in [5, 5.41) is 9.74. The summed E-state index contributed by atoms with van der Waals surface area (Å²) in [6.45, 7) is 4.79. The molecule has 83 heavy (non-hydrogen) atoms. The molecule has 9 heteroatoms. The van der Waals surface area contributed by atoms with Gasteiger partial charge in [0, 0.05) is 12.8 Å². The second-order valence-electron chi connectivity index (χ2n) is 24.1. The number of carbonyl (C=O) groups is 3. The molecule has 0 radical (unpaired) electrons. The number of carbonyl (C=O) groups excluding carboxylic acids is 2. The Morgan fingerprint density at radius 2 is 0.687 bits per heavy atom. The number of hydrogen-bond acceptors (Lipinski definition) is 7. The molecular formula is C74H130NO8+. The van der Waals surface area contributed by atoms with Gasteiger partial charge in [-0.25, -0.2) is 4.79 Å². The van der Waals surface area contributed by atoms with Crippen LogP contribution in [0.15, 0.2) is 97.2 Å². The van der Waals surface area contributed by atoms with Crippen LogP contribution < -0.4 is 0 Å². The van der Waals surface area contributed by atoms with E-state index < -0.39 is 24.3 Å². The van der Waals surface area contributed by atoms with Crippen LogP contribution in [-0.4, -0.2) is 87.4 Å². The molecule has 0 aliphatic carbocycles. The number of rotatable bonds is 63. The van der Waals surface area contributed by atoms with Gasteiger partial charge in [-0.15, -0.1) is 0 Å². The van der Waals surface area contributed by atoms with Crippen molar-refractivity contribution >= 4 is 17.9 Å². The van der Waals surface area contributed by atoms with Gasteiger partial charge < -0.3 is 28.5 Å². The molecule has 478 valence electrons. The molecule has 1 N–H and O–H groups in total. The maximum atomic E-state index is 12.9. The molecule has 0 aliphatic rings. The Morgan fingerprint density at radius 1 is 0.373 bits per heavy atom. The van der Waals surface area contributed by atoms with Gasteiger partial charge in [0.1, 0.15) is 13.2 Å². The molecular weight excluding hydrogens is 1030 g/mol. The van der Waals surface area contributed by atoms with Crippen LogP contribution in [0.3, 0.4) is 0 Å². The first-order valence-corrected chi connectivity index (χ1v) is 34.4. The zero-order valence-electron chi connectivity index (χ0n) is 54.6. The highest BCUT2D eigenvalue weighted by molar-refractivity contribution is 5.71. The van der Waals surface area contributed by atoms with E-state index in [9.17, 15) is 19.5 Å². The lowest BCUT2D eigenvalue weighted by molar-refractivity contribution is -0.870. The predicted octanol–water partition coefficient (Wildman–Crippen LogP) is 21.2. The maximum Gasteiger partial charge on any atom is 0.361 e. The van der Waals surface area contributed by atoms with Crippen molar-refractivity contribution in [2.75, 3.05) is 47.5 Å². The average molecular weight is 1160 g/mol. The van der Waals surface area contributed by atoms with E-state index in [-0.39, 0.29) is 32.2 Å². The molecule has 0 aromatic carbocycles. The zero-order valence-corrected chi connectivity index (χ0v) is 54.6. The van der Waals surface area contributed by atoms with E-state index in [0.717, 1.165) is 83.5 Å². The minimum atomic E-state index is -1.51. The SMILES string of the molecule is CC/C=C\C/C=C\C/C=C\C/C=C\C/C=C\C/C=C\C/C=C\CCCCCCCCCCCCCCCCCC(=O)OC(COC(=O)CCCCCCCCCCC/C=C\CCCCCCCCCC)COC(OCC[N+](C)(C)C)C(=O)O. The molecule has 9 nitrogen and oxygen atoms in total. The molecule has 0 amide bonds. The molecule has 0 bridgehead atoms. The van der Waals surface area contributed by atoms with Crippen LogP contribution in [0.4, 0.5) is 0 Å². The Kier molecular flexibility index (Phi) is 61.3. The lowest BCUT2D eigenvalue weighted by Gasteiger charge is -2.25. The van der Waals surface area contributed by atoms with E-state index in [1.807, 2.05) is 21.1 Å². The first-order valence-electron chi connectivity index (χ1n) is 34.4. The van der Waals surface area contributed by atoms with Gasteiger partial charge in [-0.05, 0) is 96.3 Å². The van der Waals surface area contributed by atoms with E-state index in [1.54, 1.807) is 0 Å². The maximum absolute atomic E-state index is 12.9. The standard InChI is InChI=1S/C74H129NO8/c1-6-8-10-12-14-16-18-20-22-24-26-28-29-30-31-32-33-34-35-36-37-38-39-40-41-42-43-45-47-49-51-53-55-57-59-61-63-65-72(77)83-70(69-82-74(73(78)79)80-67-66-75(3,4)5)68-81-71(76)64-62-60-58-56-54-52-50-48-46-44-27-25-23-21-19-17-15-13-11-9-7-2/h8,10,14,16,20,22,25-28,30-31,33-34,36-37,70,74H,6-7,9,11-13,15,17-19,21,23-24,29,32,35,38-69H2,1-5H3/p+1/b10-8-,16-14-,22-20-,27-25-,28-26-,31-30-,34-33-,37-36-. The van der Waals surface area contributed by atoms with Crippen LogP contribution in [0.5, 0.6) is 0 Å². The molecule has 0 aromatic heterocycles. The van der Waals surface area contributed by atoms with Gasteiger partial charge in [-0.1, -0.05) is 284 Å². The molecule has 0 aromatic rings. The third-order valence-corrected chi connectivity index (χ3v) is 14.8. The predicted molar refractivity (Wildman–Crippen MR) is 355 cm³/mol. The van der Waals surface area contributed by atoms with Gasteiger partial charge in [0.05, 0.1) is 34.4 Å². The molecule has 2 unspecified atom stereocenters. The van der Waals surface area contributed by atoms with Crippen LogP contribution in [0.25, 0.3) is 0 Å². The smallest absolute Gasteiger partial charge is 0.361 e. The Morgan fingerprint density at radius 3 is 1.04 bits per heavy atom. The van der Waals surface area contributed by atoms with E-state index in [1.165, 1.54) is 186 Å². The van der Waals surface area contributed by atoms with Crippen molar-refractivity contribution in [3.8, 4) is 0 Å². The Bertz CT molecular complexity index is 1680. The number of hydrogen-bond donors (Lipinski definition) is 1. The topological polar surface area (TPSA) is 108 Å². The average Bonchev–Trinajstić information content (AvgIpc) is 3.46. The van der Waals surface area contributed by atoms with Crippen LogP contribution in [0, 0.1) is 0 Å². The van der Waals surface area contributed by atoms with Crippen molar-refractivity contribution in [1.82, 2.24) is 0 Å². The summed E-state index contributed by atoms with van der Waals surface area (Å²) >= 11 is 0. The van der Waals surface area contributed by atoms with Crippen molar-refractivity contribution < 1.29 is 42.9 Å². The number of unbranched alkanes of at least 4 members (excludes halogenated alkanes) is 32. The third-order valence-electron chi connectivity index (χ3n) is 14.8. The van der Waals surface area contributed by atoms with Crippen LogP contribution in [0.2, 0.25) is 0 Å². The number of likely N-dealkylation sites (N-methyl/N-ethyl adjacent to an activating group) is 1. The van der Waals surface area contributed by atoms with Crippen LogP contribution in [-0.2, 0) is 33.3 Å².